The second-order valence-electron chi connectivity index (χ2n) is 5.58. The van der Waals surface area contributed by atoms with E-state index >= 15 is 0 Å². The van der Waals surface area contributed by atoms with Gasteiger partial charge in [0.1, 0.15) is 0 Å². The predicted molar refractivity (Wildman–Crippen MR) is 87.8 cm³/mol. The Morgan fingerprint density at radius 3 is 2.62 bits per heavy atom. The molecule has 1 amide bonds. The summed E-state index contributed by atoms with van der Waals surface area (Å²) in [5, 5.41) is 6.97. The molecule has 0 bridgehead atoms. The van der Waals surface area contributed by atoms with Crippen LogP contribution in [0.2, 0.25) is 5.02 Å². The molecule has 0 aliphatic carbocycles. The van der Waals surface area contributed by atoms with Gasteiger partial charge in [-0.1, -0.05) is 18.5 Å². The summed E-state index contributed by atoms with van der Waals surface area (Å²) < 4.78 is 0. The fourth-order valence-electron chi connectivity index (χ4n) is 2.67. The third kappa shape index (κ3) is 5.65. The number of nitrogens with zero attached hydrogens (tertiary/aromatic N) is 1. The third-order valence-electron chi connectivity index (χ3n) is 3.92. The van der Waals surface area contributed by atoms with Gasteiger partial charge in [-0.15, -0.1) is 0 Å². The van der Waals surface area contributed by atoms with E-state index in [1.807, 2.05) is 12.1 Å². The number of anilines is 1. The molecule has 2 rings (SSSR count). The Labute approximate surface area is 131 Å². The number of benzene rings is 1. The van der Waals surface area contributed by atoms with Crippen molar-refractivity contribution in [2.75, 3.05) is 38.0 Å². The zero-order valence-corrected chi connectivity index (χ0v) is 13.3. The lowest BCUT2D eigenvalue weighted by atomic mass is 9.97. The van der Waals surface area contributed by atoms with E-state index < -0.39 is 0 Å². The average molecular weight is 310 g/mol. The number of halogens is 1. The number of amides is 1. The largest absolute Gasteiger partial charge is 0.325 e. The number of carbonyl (C=O) groups is 1. The van der Waals surface area contributed by atoms with Crippen molar-refractivity contribution in [3.63, 3.8) is 0 Å². The van der Waals surface area contributed by atoms with Gasteiger partial charge < -0.3 is 10.6 Å². The van der Waals surface area contributed by atoms with Crippen LogP contribution in [0.25, 0.3) is 0 Å². The maximum Gasteiger partial charge on any atom is 0.238 e. The quantitative estimate of drug-likeness (QED) is 0.849. The molecule has 1 aliphatic rings. The van der Waals surface area contributed by atoms with Crippen LogP contribution in [0.5, 0.6) is 0 Å². The SMILES string of the molecule is CCN(CC(=O)Nc1ccc(Cl)cc1)CC1CCNCC1. The Bertz CT molecular complexity index is 443. The van der Waals surface area contributed by atoms with Crippen molar-refractivity contribution in [3.8, 4) is 0 Å². The molecular formula is C16H24ClN3O. The van der Waals surface area contributed by atoms with Gasteiger partial charge in [0.25, 0.3) is 0 Å². The van der Waals surface area contributed by atoms with Crippen LogP contribution in [-0.4, -0.2) is 43.5 Å². The van der Waals surface area contributed by atoms with Gasteiger partial charge in [-0.3, -0.25) is 9.69 Å². The lowest BCUT2D eigenvalue weighted by molar-refractivity contribution is -0.117. The minimum absolute atomic E-state index is 0.0353. The lowest BCUT2D eigenvalue weighted by Gasteiger charge is -2.28. The molecule has 1 heterocycles. The Balaban J connectivity index is 1.79. The highest BCUT2D eigenvalue weighted by Crippen LogP contribution is 2.15. The molecule has 1 aliphatic heterocycles. The van der Waals surface area contributed by atoms with E-state index in [9.17, 15) is 4.79 Å². The van der Waals surface area contributed by atoms with Crippen LogP contribution in [0.1, 0.15) is 19.8 Å². The summed E-state index contributed by atoms with van der Waals surface area (Å²) >= 11 is 5.84. The molecule has 21 heavy (non-hydrogen) atoms. The van der Waals surface area contributed by atoms with Gasteiger partial charge in [-0.25, -0.2) is 0 Å². The zero-order chi connectivity index (χ0) is 15.1. The van der Waals surface area contributed by atoms with Crippen LogP contribution in [0, 0.1) is 5.92 Å². The van der Waals surface area contributed by atoms with Crippen molar-refractivity contribution in [2.24, 2.45) is 5.92 Å². The van der Waals surface area contributed by atoms with Gasteiger partial charge in [-0.2, -0.15) is 0 Å². The minimum Gasteiger partial charge on any atom is -0.325 e. The molecule has 0 saturated carbocycles. The van der Waals surface area contributed by atoms with Crippen molar-refractivity contribution < 1.29 is 4.79 Å². The highest BCUT2D eigenvalue weighted by atomic mass is 35.5. The second kappa shape index (κ2) is 8.37. The fraction of sp³-hybridized carbons (Fsp3) is 0.562. The van der Waals surface area contributed by atoms with E-state index in [2.05, 4.69) is 22.5 Å². The first-order valence-electron chi connectivity index (χ1n) is 7.66. The number of hydrogen-bond donors (Lipinski definition) is 2. The van der Waals surface area contributed by atoms with Crippen molar-refractivity contribution in [2.45, 2.75) is 19.8 Å². The summed E-state index contributed by atoms with van der Waals surface area (Å²) in [6.07, 6.45) is 2.41. The van der Waals surface area contributed by atoms with Gasteiger partial charge in [-0.05, 0) is 62.7 Å². The van der Waals surface area contributed by atoms with Gasteiger partial charge in [0.05, 0.1) is 6.54 Å². The van der Waals surface area contributed by atoms with Gasteiger partial charge >= 0.3 is 0 Å². The van der Waals surface area contributed by atoms with E-state index in [-0.39, 0.29) is 5.91 Å². The van der Waals surface area contributed by atoms with Crippen LogP contribution in [0.15, 0.2) is 24.3 Å². The fourth-order valence-corrected chi connectivity index (χ4v) is 2.80. The smallest absolute Gasteiger partial charge is 0.238 e. The second-order valence-corrected chi connectivity index (χ2v) is 6.01. The summed E-state index contributed by atoms with van der Waals surface area (Å²) in [7, 11) is 0. The van der Waals surface area contributed by atoms with Crippen LogP contribution >= 0.6 is 11.6 Å². The highest BCUT2D eigenvalue weighted by molar-refractivity contribution is 6.30. The standard InChI is InChI=1S/C16H24ClN3O/c1-2-20(11-13-7-9-18-10-8-13)12-16(21)19-15-5-3-14(17)4-6-15/h3-6,13,18H,2,7-12H2,1H3,(H,19,21). The molecule has 1 saturated heterocycles. The molecule has 2 N–H and O–H groups in total. The summed E-state index contributed by atoms with van der Waals surface area (Å²) in [6.45, 7) is 6.66. The van der Waals surface area contributed by atoms with Crippen molar-refractivity contribution in [1.29, 1.82) is 0 Å². The molecule has 0 atom stereocenters. The molecule has 1 fully saturated rings. The average Bonchev–Trinajstić information content (AvgIpc) is 2.50. The van der Waals surface area contributed by atoms with E-state index in [1.54, 1.807) is 12.1 Å². The minimum atomic E-state index is 0.0353. The molecular weight excluding hydrogens is 286 g/mol. The molecule has 5 heteroatoms. The molecule has 0 radical (unpaired) electrons. The topological polar surface area (TPSA) is 44.4 Å². The molecule has 4 nitrogen and oxygen atoms in total. The van der Waals surface area contributed by atoms with Gasteiger partial charge in [0.15, 0.2) is 0 Å². The number of rotatable bonds is 6. The van der Waals surface area contributed by atoms with Crippen LogP contribution in [-0.2, 0) is 4.79 Å². The number of hydrogen-bond acceptors (Lipinski definition) is 3. The molecule has 1 aromatic carbocycles. The number of likely N-dealkylation sites (N-methyl/N-ethyl adjacent to an activating group) is 1. The monoisotopic (exact) mass is 309 g/mol. The zero-order valence-electron chi connectivity index (χ0n) is 12.6. The van der Waals surface area contributed by atoms with Crippen molar-refractivity contribution >= 4 is 23.2 Å². The molecule has 116 valence electrons. The Morgan fingerprint density at radius 2 is 2.00 bits per heavy atom. The molecule has 1 aromatic rings. The molecule has 0 unspecified atom stereocenters. The molecule has 0 aromatic heterocycles. The number of carbonyl (C=O) groups excluding carboxylic acids is 1. The van der Waals surface area contributed by atoms with Crippen LogP contribution in [0.4, 0.5) is 5.69 Å². The van der Waals surface area contributed by atoms with Crippen molar-refractivity contribution in [3.05, 3.63) is 29.3 Å². The first-order chi connectivity index (χ1) is 10.2. The van der Waals surface area contributed by atoms with Crippen LogP contribution in [0.3, 0.4) is 0 Å². The first kappa shape index (κ1) is 16.3. The number of piperidine rings is 1. The Morgan fingerprint density at radius 1 is 1.33 bits per heavy atom. The maximum absolute atomic E-state index is 12.1. The Kier molecular flexibility index (Phi) is 6.49. The predicted octanol–water partition coefficient (Wildman–Crippen LogP) is 2.60. The summed E-state index contributed by atoms with van der Waals surface area (Å²) in [6, 6.07) is 7.21. The van der Waals surface area contributed by atoms with Gasteiger partial charge in [0, 0.05) is 17.3 Å². The summed E-state index contributed by atoms with van der Waals surface area (Å²) in [4.78, 5) is 14.3. The Hall–Kier alpha value is -1.10. The number of nitrogens with one attached hydrogen (secondary N) is 2. The van der Waals surface area contributed by atoms with E-state index in [0.717, 1.165) is 31.9 Å². The molecule has 0 spiro atoms. The normalized spacial score (nSPS) is 16.1. The van der Waals surface area contributed by atoms with Gasteiger partial charge in [0.2, 0.25) is 5.91 Å². The summed E-state index contributed by atoms with van der Waals surface area (Å²) in [5.41, 5.74) is 0.794. The van der Waals surface area contributed by atoms with Crippen molar-refractivity contribution in [1.82, 2.24) is 10.2 Å². The van der Waals surface area contributed by atoms with E-state index in [4.69, 9.17) is 11.6 Å². The van der Waals surface area contributed by atoms with Crippen LogP contribution < -0.4 is 10.6 Å². The third-order valence-corrected chi connectivity index (χ3v) is 4.17. The summed E-state index contributed by atoms with van der Waals surface area (Å²) in [5.74, 6) is 0.739. The first-order valence-corrected chi connectivity index (χ1v) is 8.03. The lowest BCUT2D eigenvalue weighted by Crippen LogP contribution is -2.39. The maximum atomic E-state index is 12.1. The van der Waals surface area contributed by atoms with E-state index in [0.29, 0.717) is 17.5 Å². The highest BCUT2D eigenvalue weighted by Gasteiger charge is 2.17. The van der Waals surface area contributed by atoms with E-state index in [1.165, 1.54) is 12.8 Å².